The second-order valence-corrected chi connectivity index (χ2v) is 3.03. The summed E-state index contributed by atoms with van der Waals surface area (Å²) in [5.41, 5.74) is 0.240. The van der Waals surface area contributed by atoms with Crippen molar-refractivity contribution in [1.29, 1.82) is 0 Å². The van der Waals surface area contributed by atoms with Crippen LogP contribution in [0.4, 0.5) is 18.9 Å². The number of ether oxygens (including phenoxy) is 1. The molecular weight excluding hydrogens is 225 g/mol. The van der Waals surface area contributed by atoms with Gasteiger partial charge in [0.1, 0.15) is 5.69 Å². The Labute approximate surface area is 89.4 Å². The van der Waals surface area contributed by atoms with Crippen molar-refractivity contribution in [3.05, 3.63) is 17.8 Å². The van der Waals surface area contributed by atoms with Crippen LogP contribution in [0, 0.1) is 6.92 Å². The van der Waals surface area contributed by atoms with Gasteiger partial charge in [-0.2, -0.15) is 0 Å². The Hall–Kier alpha value is -1.79. The number of nitrogens with zero attached hydrogens (tertiary/aromatic N) is 1. The van der Waals surface area contributed by atoms with E-state index in [-0.39, 0.29) is 5.69 Å². The molecule has 0 aliphatic rings. The molecule has 0 aliphatic heterocycles. The summed E-state index contributed by atoms with van der Waals surface area (Å²) in [6.07, 6.45) is -4.84. The Kier molecular flexibility index (Phi) is 3.36. The maximum atomic E-state index is 12.0. The molecular formula is C9H9F3N2O2. The molecule has 0 bridgehead atoms. The first-order valence-corrected chi connectivity index (χ1v) is 4.29. The maximum Gasteiger partial charge on any atom is 0.574 e. The average Bonchev–Trinajstić information content (AvgIpc) is 2.06. The number of amides is 1. The number of nitrogens with one attached hydrogen (secondary N) is 1. The summed E-state index contributed by atoms with van der Waals surface area (Å²) in [5.74, 6) is -1.17. The summed E-state index contributed by atoms with van der Waals surface area (Å²) >= 11 is 0. The van der Waals surface area contributed by atoms with Crippen LogP contribution >= 0.6 is 0 Å². The van der Waals surface area contributed by atoms with Gasteiger partial charge in [-0.25, -0.2) is 4.98 Å². The fourth-order valence-corrected chi connectivity index (χ4v) is 1.01. The zero-order valence-corrected chi connectivity index (χ0v) is 8.55. The molecule has 1 heterocycles. The second kappa shape index (κ2) is 4.38. The number of carbonyl (C=O) groups excluding carboxylic acids is 1. The molecule has 0 atom stereocenters. The van der Waals surface area contributed by atoms with Crippen LogP contribution in [-0.2, 0) is 4.79 Å². The van der Waals surface area contributed by atoms with Crippen LogP contribution in [0.2, 0.25) is 0 Å². The first-order valence-electron chi connectivity index (χ1n) is 4.29. The zero-order chi connectivity index (χ0) is 12.3. The number of alkyl halides is 3. The van der Waals surface area contributed by atoms with Crippen LogP contribution in [-0.4, -0.2) is 17.3 Å². The van der Waals surface area contributed by atoms with Crippen LogP contribution in [0.3, 0.4) is 0 Å². The number of aromatic nitrogens is 1. The molecule has 1 aromatic heterocycles. The molecule has 1 rings (SSSR count). The topological polar surface area (TPSA) is 51.2 Å². The third-order valence-corrected chi connectivity index (χ3v) is 1.52. The zero-order valence-electron chi connectivity index (χ0n) is 8.55. The van der Waals surface area contributed by atoms with Crippen molar-refractivity contribution in [2.75, 3.05) is 5.32 Å². The Morgan fingerprint density at radius 2 is 2.06 bits per heavy atom. The lowest BCUT2D eigenvalue weighted by Gasteiger charge is -2.12. The van der Waals surface area contributed by atoms with Crippen molar-refractivity contribution >= 4 is 11.6 Å². The molecule has 0 spiro atoms. The monoisotopic (exact) mass is 234 g/mol. The normalized spacial score (nSPS) is 11.1. The third-order valence-electron chi connectivity index (χ3n) is 1.52. The number of halogens is 3. The number of pyridine rings is 1. The van der Waals surface area contributed by atoms with Gasteiger partial charge < -0.3 is 10.1 Å². The molecule has 0 fully saturated rings. The van der Waals surface area contributed by atoms with Crippen molar-refractivity contribution < 1.29 is 22.7 Å². The lowest BCUT2D eigenvalue weighted by molar-refractivity contribution is -0.275. The first kappa shape index (κ1) is 12.3. The SMILES string of the molecule is CC(=O)Nc1ccc(C)nc1OC(F)(F)F. The third kappa shape index (κ3) is 3.76. The van der Waals surface area contributed by atoms with Gasteiger partial charge in [0, 0.05) is 12.6 Å². The van der Waals surface area contributed by atoms with Gasteiger partial charge in [-0.1, -0.05) is 0 Å². The summed E-state index contributed by atoms with van der Waals surface area (Å²) in [6, 6.07) is 2.76. The van der Waals surface area contributed by atoms with E-state index in [1.54, 1.807) is 0 Å². The highest BCUT2D eigenvalue weighted by molar-refractivity contribution is 5.89. The molecule has 4 nitrogen and oxygen atoms in total. The standard InChI is InChI=1S/C9H9F3N2O2/c1-5-3-4-7(14-6(2)15)8(13-5)16-9(10,11)12/h3-4H,1-2H3,(H,14,15). The fourth-order valence-electron chi connectivity index (χ4n) is 1.01. The summed E-state index contributed by atoms with van der Waals surface area (Å²) in [4.78, 5) is 14.3. The van der Waals surface area contributed by atoms with Crippen molar-refractivity contribution in [3.8, 4) is 5.88 Å². The van der Waals surface area contributed by atoms with Crippen LogP contribution < -0.4 is 10.1 Å². The Balaban J connectivity index is 3.03. The number of carbonyl (C=O) groups is 1. The van der Waals surface area contributed by atoms with Crippen molar-refractivity contribution in [3.63, 3.8) is 0 Å². The molecule has 0 radical (unpaired) electrons. The predicted molar refractivity (Wildman–Crippen MR) is 50.0 cm³/mol. The minimum absolute atomic E-state index is 0.115. The van der Waals surface area contributed by atoms with Crippen molar-refractivity contribution in [2.24, 2.45) is 0 Å². The first-order chi connectivity index (χ1) is 7.28. The number of rotatable bonds is 2. The molecule has 0 aliphatic carbocycles. The van der Waals surface area contributed by atoms with Crippen LogP contribution in [0.15, 0.2) is 12.1 Å². The highest BCUT2D eigenvalue weighted by Crippen LogP contribution is 2.28. The molecule has 1 aromatic rings. The lowest BCUT2D eigenvalue weighted by atomic mass is 10.3. The van der Waals surface area contributed by atoms with Gasteiger partial charge in [-0.3, -0.25) is 4.79 Å². The smallest absolute Gasteiger partial charge is 0.386 e. The van der Waals surface area contributed by atoms with Gasteiger partial charge in [0.05, 0.1) is 0 Å². The number of aryl methyl sites for hydroxylation is 1. The molecule has 1 N–H and O–H groups in total. The van der Waals surface area contributed by atoms with Crippen LogP contribution in [0.5, 0.6) is 5.88 Å². The van der Waals surface area contributed by atoms with Gasteiger partial charge in [0.2, 0.25) is 11.8 Å². The van der Waals surface area contributed by atoms with E-state index in [1.807, 2.05) is 0 Å². The van der Waals surface area contributed by atoms with E-state index >= 15 is 0 Å². The van der Waals surface area contributed by atoms with Gasteiger partial charge in [-0.15, -0.1) is 13.2 Å². The van der Waals surface area contributed by atoms with E-state index in [9.17, 15) is 18.0 Å². The van der Waals surface area contributed by atoms with Crippen LogP contribution in [0.1, 0.15) is 12.6 Å². The average molecular weight is 234 g/mol. The highest BCUT2D eigenvalue weighted by Gasteiger charge is 2.33. The minimum Gasteiger partial charge on any atom is -0.386 e. The second-order valence-electron chi connectivity index (χ2n) is 3.03. The summed E-state index contributed by atoms with van der Waals surface area (Å²) in [6.45, 7) is 2.69. The van der Waals surface area contributed by atoms with Gasteiger partial charge in [-0.05, 0) is 19.1 Å². The molecule has 16 heavy (non-hydrogen) atoms. The number of hydrogen-bond donors (Lipinski definition) is 1. The molecule has 88 valence electrons. The van der Waals surface area contributed by atoms with E-state index in [4.69, 9.17) is 0 Å². The molecule has 7 heteroatoms. The van der Waals surface area contributed by atoms with E-state index in [1.165, 1.54) is 26.0 Å². The largest absolute Gasteiger partial charge is 0.574 e. The molecule has 0 aromatic carbocycles. The Bertz CT molecular complexity index is 404. The van der Waals surface area contributed by atoms with Crippen LogP contribution in [0.25, 0.3) is 0 Å². The Morgan fingerprint density at radius 3 is 2.56 bits per heavy atom. The molecule has 0 unspecified atom stereocenters. The summed E-state index contributed by atoms with van der Waals surface area (Å²) < 4.78 is 39.7. The number of hydrogen-bond acceptors (Lipinski definition) is 3. The predicted octanol–water partition coefficient (Wildman–Crippen LogP) is 2.25. The molecule has 1 amide bonds. The van der Waals surface area contributed by atoms with E-state index in [0.717, 1.165) is 0 Å². The van der Waals surface area contributed by atoms with Gasteiger partial charge >= 0.3 is 6.36 Å². The Morgan fingerprint density at radius 1 is 1.44 bits per heavy atom. The van der Waals surface area contributed by atoms with E-state index in [2.05, 4.69) is 15.0 Å². The fraction of sp³-hybridized carbons (Fsp3) is 0.333. The van der Waals surface area contributed by atoms with Crippen molar-refractivity contribution in [2.45, 2.75) is 20.2 Å². The van der Waals surface area contributed by atoms with Gasteiger partial charge in [0.15, 0.2) is 0 Å². The molecule has 0 saturated carbocycles. The maximum absolute atomic E-state index is 12.0. The van der Waals surface area contributed by atoms with Gasteiger partial charge in [0.25, 0.3) is 0 Å². The highest BCUT2D eigenvalue weighted by atomic mass is 19.4. The van der Waals surface area contributed by atoms with E-state index < -0.39 is 18.1 Å². The number of anilines is 1. The lowest BCUT2D eigenvalue weighted by Crippen LogP contribution is -2.20. The molecule has 0 saturated heterocycles. The minimum atomic E-state index is -4.84. The van der Waals surface area contributed by atoms with Crippen molar-refractivity contribution in [1.82, 2.24) is 4.98 Å². The summed E-state index contributed by atoms with van der Waals surface area (Å²) in [7, 11) is 0. The summed E-state index contributed by atoms with van der Waals surface area (Å²) in [5, 5.41) is 2.20. The quantitative estimate of drug-likeness (QED) is 0.853. The van der Waals surface area contributed by atoms with E-state index in [0.29, 0.717) is 5.69 Å².